The molecule has 17 heteroatoms. The van der Waals surface area contributed by atoms with Crippen LogP contribution in [0.3, 0.4) is 0 Å². The summed E-state index contributed by atoms with van der Waals surface area (Å²) < 4.78 is 3.34. The molecule has 0 bridgehead atoms. The smallest absolute Gasteiger partial charge is 0.327 e. The van der Waals surface area contributed by atoms with E-state index < -0.39 is 29.1 Å². The summed E-state index contributed by atoms with van der Waals surface area (Å²) in [4.78, 5) is 79.4. The molecule has 12 nitrogen and oxygen atoms in total. The maximum atomic E-state index is 13.0. The summed E-state index contributed by atoms with van der Waals surface area (Å²) in [7, 11) is 1.61. The quantitative estimate of drug-likeness (QED) is 0.0886. The molecule has 1 rings (SSSR count). The molecule has 0 fully saturated rings. The van der Waals surface area contributed by atoms with E-state index in [9.17, 15) is 28.8 Å². The van der Waals surface area contributed by atoms with E-state index in [0.29, 0.717) is 86.0 Å². The molecular weight excluding hydrogens is 641 g/mol. The number of rotatable bonds is 21. The number of carbonyl (C=O) groups is 3. The highest BCUT2D eigenvalue weighted by molar-refractivity contribution is 7.99. The first-order valence-corrected chi connectivity index (χ1v) is 17.6. The Kier molecular flexibility index (Phi) is 20.3. The Labute approximate surface area is 273 Å². The van der Waals surface area contributed by atoms with Crippen molar-refractivity contribution < 1.29 is 14.4 Å². The van der Waals surface area contributed by atoms with Gasteiger partial charge < -0.3 is 4.90 Å². The fourth-order valence-electron chi connectivity index (χ4n) is 3.94. The van der Waals surface area contributed by atoms with Gasteiger partial charge in [-0.2, -0.15) is 62.3 Å². The van der Waals surface area contributed by atoms with Gasteiger partial charge in [-0.1, -0.05) is 0 Å². The molecule has 42 heavy (non-hydrogen) atoms. The first kappa shape index (κ1) is 38.6. The standard InChI is InChI=1S/C25H44N6O6S5/c1-26(21(33)28(10-3-15-39)22(34)27(20-32)9-2-14-38)8-6-18-42-19-7-13-31-24(36)29(11-4-16-40)23(35)30(25(31)37)12-5-17-41/h20,38-41H,2-19H2,1H3. The Bertz CT molecular complexity index is 1110. The lowest BCUT2D eigenvalue weighted by Gasteiger charge is -2.29. The third-order valence-corrected chi connectivity index (χ3v) is 8.60. The molecule has 1 aromatic heterocycles. The molecule has 0 aliphatic heterocycles. The molecule has 1 aromatic rings. The van der Waals surface area contributed by atoms with E-state index in [-0.39, 0.29) is 32.7 Å². The zero-order valence-electron chi connectivity index (χ0n) is 24.1. The van der Waals surface area contributed by atoms with E-state index in [1.807, 2.05) is 0 Å². The van der Waals surface area contributed by atoms with Gasteiger partial charge in [-0.15, -0.1) is 0 Å². The third kappa shape index (κ3) is 12.3. The zero-order chi connectivity index (χ0) is 31.5. The monoisotopic (exact) mass is 684 g/mol. The van der Waals surface area contributed by atoms with Gasteiger partial charge in [0.05, 0.1) is 0 Å². The molecule has 0 atom stereocenters. The summed E-state index contributed by atoms with van der Waals surface area (Å²) in [5.74, 6) is 3.40. The Morgan fingerprint density at radius 2 is 1.12 bits per heavy atom. The normalized spacial score (nSPS) is 11.0. The first-order valence-electron chi connectivity index (χ1n) is 13.9. The van der Waals surface area contributed by atoms with E-state index in [1.165, 1.54) is 4.90 Å². The Balaban J connectivity index is 2.70. The van der Waals surface area contributed by atoms with Gasteiger partial charge in [-0.25, -0.2) is 42.6 Å². The van der Waals surface area contributed by atoms with Crippen LogP contribution in [0.2, 0.25) is 0 Å². The number of imide groups is 2. The highest BCUT2D eigenvalue weighted by Gasteiger charge is 2.28. The molecule has 0 unspecified atom stereocenters. The lowest BCUT2D eigenvalue weighted by molar-refractivity contribution is -0.116. The number of thiol groups is 4. The van der Waals surface area contributed by atoms with E-state index in [0.717, 1.165) is 23.5 Å². The Morgan fingerprint density at radius 3 is 1.60 bits per heavy atom. The number of amides is 5. The van der Waals surface area contributed by atoms with E-state index in [2.05, 4.69) is 50.5 Å². The van der Waals surface area contributed by atoms with Crippen LogP contribution in [-0.4, -0.2) is 108 Å². The van der Waals surface area contributed by atoms with Crippen molar-refractivity contribution in [3.05, 3.63) is 31.5 Å². The number of urea groups is 2. The fraction of sp³-hybridized carbons (Fsp3) is 0.760. The highest BCUT2D eigenvalue weighted by Crippen LogP contribution is 2.09. The van der Waals surface area contributed by atoms with Gasteiger partial charge in [0.1, 0.15) is 0 Å². The maximum absolute atomic E-state index is 13.0. The number of hydrogen-bond acceptors (Lipinski definition) is 11. The van der Waals surface area contributed by atoms with Crippen molar-refractivity contribution in [3.63, 3.8) is 0 Å². The van der Waals surface area contributed by atoms with Gasteiger partial charge in [0.15, 0.2) is 0 Å². The molecule has 0 N–H and O–H groups in total. The third-order valence-electron chi connectivity index (χ3n) is 6.18. The number of aromatic nitrogens is 3. The molecule has 0 radical (unpaired) electrons. The van der Waals surface area contributed by atoms with Crippen molar-refractivity contribution in [2.24, 2.45) is 0 Å². The molecule has 0 spiro atoms. The molecular formula is C25H44N6O6S5. The molecule has 0 aliphatic rings. The van der Waals surface area contributed by atoms with Crippen molar-refractivity contribution in [1.29, 1.82) is 0 Å². The van der Waals surface area contributed by atoms with Gasteiger partial charge in [-0.3, -0.25) is 9.69 Å². The number of carbonyl (C=O) groups excluding carboxylic acids is 3. The first-order chi connectivity index (χ1) is 20.2. The Morgan fingerprint density at radius 1 is 0.667 bits per heavy atom. The largest absolute Gasteiger partial charge is 0.336 e. The highest BCUT2D eigenvalue weighted by atomic mass is 32.2. The summed E-state index contributed by atoms with van der Waals surface area (Å²) in [5.41, 5.74) is -1.80. The van der Waals surface area contributed by atoms with Gasteiger partial charge in [0.2, 0.25) is 6.41 Å². The lowest BCUT2D eigenvalue weighted by atomic mass is 10.4. The lowest BCUT2D eigenvalue weighted by Crippen LogP contribution is -2.54. The van der Waals surface area contributed by atoms with Crippen molar-refractivity contribution in [3.8, 4) is 0 Å². The number of hydrogen-bond donors (Lipinski definition) is 4. The minimum absolute atomic E-state index is 0.156. The van der Waals surface area contributed by atoms with Crippen LogP contribution in [0.5, 0.6) is 0 Å². The molecule has 5 amide bonds. The van der Waals surface area contributed by atoms with Crippen LogP contribution in [0.25, 0.3) is 0 Å². The van der Waals surface area contributed by atoms with E-state index >= 15 is 0 Å². The topological polar surface area (TPSA) is 127 Å². The molecule has 240 valence electrons. The number of thioether (sulfide) groups is 1. The van der Waals surface area contributed by atoms with Crippen molar-refractivity contribution >= 4 is 80.7 Å². The predicted molar refractivity (Wildman–Crippen MR) is 183 cm³/mol. The molecule has 0 saturated heterocycles. The van der Waals surface area contributed by atoms with Gasteiger partial charge in [0, 0.05) is 46.3 Å². The average Bonchev–Trinajstić information content (AvgIpc) is 2.98. The second-order valence-electron chi connectivity index (χ2n) is 9.37. The van der Waals surface area contributed by atoms with Gasteiger partial charge in [-0.05, 0) is 73.0 Å². The SMILES string of the molecule is CN(CCCSCCCn1c(=O)n(CCCS)c(=O)n(CCCS)c1=O)C(=O)N(CCCS)C(=O)N(C=O)CCCS. The van der Waals surface area contributed by atoms with Crippen LogP contribution in [0.4, 0.5) is 9.59 Å². The molecule has 0 saturated carbocycles. The summed E-state index contributed by atoms with van der Waals surface area (Å²) in [6.45, 7) is 1.33. The maximum Gasteiger partial charge on any atom is 0.336 e. The van der Waals surface area contributed by atoms with Crippen molar-refractivity contribution in [2.45, 2.75) is 58.2 Å². The second-order valence-corrected chi connectivity index (χ2v) is 12.4. The summed E-state index contributed by atoms with van der Waals surface area (Å²) >= 11 is 18.2. The zero-order valence-corrected chi connectivity index (χ0v) is 28.5. The van der Waals surface area contributed by atoms with Crippen LogP contribution in [0.1, 0.15) is 38.5 Å². The van der Waals surface area contributed by atoms with Crippen LogP contribution in [0, 0.1) is 0 Å². The van der Waals surface area contributed by atoms with Crippen LogP contribution in [0.15, 0.2) is 14.4 Å². The molecule has 0 aliphatic carbocycles. The van der Waals surface area contributed by atoms with Gasteiger partial charge >= 0.3 is 29.1 Å². The van der Waals surface area contributed by atoms with E-state index in [4.69, 9.17) is 0 Å². The van der Waals surface area contributed by atoms with E-state index in [1.54, 1.807) is 18.8 Å². The predicted octanol–water partition coefficient (Wildman–Crippen LogP) is 1.90. The minimum Gasteiger partial charge on any atom is -0.327 e. The fourth-order valence-corrected chi connectivity index (χ4v) is 5.37. The van der Waals surface area contributed by atoms with Gasteiger partial charge in [0.25, 0.3) is 0 Å². The average molecular weight is 685 g/mol. The summed E-state index contributed by atoms with van der Waals surface area (Å²) in [6, 6.07) is -1.14. The summed E-state index contributed by atoms with van der Waals surface area (Å²) in [6.07, 6.45) is 3.72. The summed E-state index contributed by atoms with van der Waals surface area (Å²) in [5, 5.41) is 0. The van der Waals surface area contributed by atoms with Crippen LogP contribution >= 0.6 is 62.3 Å². The second kappa shape index (κ2) is 22.1. The van der Waals surface area contributed by atoms with Crippen LogP contribution < -0.4 is 17.1 Å². The molecule has 0 aromatic carbocycles. The van der Waals surface area contributed by atoms with Crippen molar-refractivity contribution in [2.75, 3.05) is 61.2 Å². The Hall–Kier alpha value is -1.43. The number of nitrogens with zero attached hydrogens (tertiary/aromatic N) is 6. The molecule has 1 heterocycles. The van der Waals surface area contributed by atoms with Crippen LogP contribution in [-0.2, 0) is 24.4 Å². The van der Waals surface area contributed by atoms with Crippen molar-refractivity contribution in [1.82, 2.24) is 28.4 Å². The minimum atomic E-state index is -0.656.